The summed E-state index contributed by atoms with van der Waals surface area (Å²) in [4.78, 5) is 22.9. The molecule has 3 N–H and O–H groups in total. The van der Waals surface area contributed by atoms with Gasteiger partial charge in [0.25, 0.3) is 0 Å². The van der Waals surface area contributed by atoms with Crippen molar-refractivity contribution < 1.29 is 14.7 Å². The zero-order valence-corrected chi connectivity index (χ0v) is 11.9. The Morgan fingerprint density at radius 1 is 1.42 bits per heavy atom. The van der Waals surface area contributed by atoms with Gasteiger partial charge in [-0.2, -0.15) is 0 Å². The van der Waals surface area contributed by atoms with Crippen molar-refractivity contribution in [3.63, 3.8) is 0 Å². The Labute approximate surface area is 115 Å². The Morgan fingerprint density at radius 3 is 2.74 bits per heavy atom. The molecular weight excluding hydrogens is 244 g/mol. The third-order valence-corrected chi connectivity index (χ3v) is 3.81. The summed E-state index contributed by atoms with van der Waals surface area (Å²) in [6, 6.07) is -0.411. The Bertz CT molecular complexity index is 307. The summed E-state index contributed by atoms with van der Waals surface area (Å²) in [7, 11) is 0. The van der Waals surface area contributed by atoms with Crippen LogP contribution < -0.4 is 10.6 Å². The van der Waals surface area contributed by atoms with Gasteiger partial charge < -0.3 is 15.7 Å². The first kappa shape index (κ1) is 16.0. The van der Waals surface area contributed by atoms with E-state index in [0.29, 0.717) is 12.3 Å². The average molecular weight is 270 g/mol. The van der Waals surface area contributed by atoms with Gasteiger partial charge in [0, 0.05) is 6.04 Å². The van der Waals surface area contributed by atoms with Crippen LogP contribution in [-0.4, -0.2) is 35.6 Å². The van der Waals surface area contributed by atoms with E-state index in [0.717, 1.165) is 32.2 Å². The molecule has 0 radical (unpaired) electrons. The monoisotopic (exact) mass is 270 g/mol. The Kier molecular flexibility index (Phi) is 6.84. The molecule has 5 nitrogen and oxygen atoms in total. The van der Waals surface area contributed by atoms with Crippen LogP contribution in [-0.2, 0) is 9.59 Å². The third kappa shape index (κ3) is 5.59. The summed E-state index contributed by atoms with van der Waals surface area (Å²) in [5, 5.41) is 15.0. The van der Waals surface area contributed by atoms with E-state index in [4.69, 9.17) is 5.11 Å². The van der Waals surface area contributed by atoms with E-state index >= 15 is 0 Å². The second kappa shape index (κ2) is 8.15. The molecule has 0 bridgehead atoms. The van der Waals surface area contributed by atoms with Gasteiger partial charge in [-0.1, -0.05) is 26.7 Å². The molecule has 1 aliphatic rings. The Balaban J connectivity index is 2.48. The average Bonchev–Trinajstić information content (AvgIpc) is 2.38. The van der Waals surface area contributed by atoms with Crippen molar-refractivity contribution >= 4 is 11.9 Å². The summed E-state index contributed by atoms with van der Waals surface area (Å²) in [6.07, 6.45) is 4.65. The van der Waals surface area contributed by atoms with Crippen LogP contribution in [0.15, 0.2) is 0 Å². The van der Waals surface area contributed by atoms with Crippen LogP contribution in [0.4, 0.5) is 0 Å². The lowest BCUT2D eigenvalue weighted by molar-refractivity contribution is -0.137. The number of hydrogen-bond acceptors (Lipinski definition) is 3. The lowest BCUT2D eigenvalue weighted by Crippen LogP contribution is -2.51. The number of nitrogens with one attached hydrogen (secondary N) is 2. The van der Waals surface area contributed by atoms with Crippen LogP contribution >= 0.6 is 0 Å². The number of hydrogen-bond donors (Lipinski definition) is 3. The molecule has 1 aliphatic heterocycles. The van der Waals surface area contributed by atoms with Crippen LogP contribution in [0.1, 0.15) is 52.4 Å². The fourth-order valence-corrected chi connectivity index (χ4v) is 2.65. The van der Waals surface area contributed by atoms with Crippen LogP contribution in [0.3, 0.4) is 0 Å². The van der Waals surface area contributed by atoms with Gasteiger partial charge in [-0.3, -0.25) is 9.59 Å². The van der Waals surface area contributed by atoms with E-state index in [1.165, 1.54) is 0 Å². The molecule has 0 saturated carbocycles. The molecule has 1 heterocycles. The minimum absolute atomic E-state index is 0.00348. The smallest absolute Gasteiger partial charge is 0.305 e. The molecule has 0 aromatic rings. The molecule has 3 atom stereocenters. The maximum atomic E-state index is 12.2. The fourth-order valence-electron chi connectivity index (χ4n) is 2.65. The van der Waals surface area contributed by atoms with Gasteiger partial charge in [0.15, 0.2) is 0 Å². The normalized spacial score (nSPS) is 24.7. The molecule has 0 aliphatic carbocycles. The van der Waals surface area contributed by atoms with E-state index in [-0.39, 0.29) is 24.4 Å². The standard InChI is InChI=1S/C14H26N2O3/c1-3-5-11(9-13(17)18)16-14(19)12-8-10(4-2)6-7-15-12/h10-12,15H,3-9H2,1-2H3,(H,16,19)(H,17,18). The van der Waals surface area contributed by atoms with E-state index in [1.54, 1.807) is 0 Å². The van der Waals surface area contributed by atoms with Crippen LogP contribution in [0.25, 0.3) is 0 Å². The van der Waals surface area contributed by atoms with Crippen molar-refractivity contribution in [1.82, 2.24) is 10.6 Å². The highest BCUT2D eigenvalue weighted by atomic mass is 16.4. The predicted octanol–water partition coefficient (Wildman–Crippen LogP) is 1.52. The summed E-state index contributed by atoms with van der Waals surface area (Å²) in [5.41, 5.74) is 0. The molecule has 3 unspecified atom stereocenters. The summed E-state index contributed by atoms with van der Waals surface area (Å²) in [6.45, 7) is 5.01. The number of carboxylic acid groups (broad SMARTS) is 1. The first-order chi connectivity index (χ1) is 9.06. The number of carbonyl (C=O) groups is 2. The number of amides is 1. The van der Waals surface area contributed by atoms with E-state index in [2.05, 4.69) is 17.6 Å². The fraction of sp³-hybridized carbons (Fsp3) is 0.857. The van der Waals surface area contributed by atoms with E-state index in [1.807, 2.05) is 6.92 Å². The predicted molar refractivity (Wildman–Crippen MR) is 73.9 cm³/mol. The van der Waals surface area contributed by atoms with Gasteiger partial charge in [0.2, 0.25) is 5.91 Å². The van der Waals surface area contributed by atoms with Gasteiger partial charge in [-0.25, -0.2) is 0 Å². The van der Waals surface area contributed by atoms with Gasteiger partial charge in [0.1, 0.15) is 0 Å². The van der Waals surface area contributed by atoms with Crippen LogP contribution in [0, 0.1) is 5.92 Å². The molecule has 0 aromatic carbocycles. The van der Waals surface area contributed by atoms with Gasteiger partial charge in [0.05, 0.1) is 12.5 Å². The third-order valence-electron chi connectivity index (χ3n) is 3.81. The highest BCUT2D eigenvalue weighted by molar-refractivity contribution is 5.82. The zero-order chi connectivity index (χ0) is 14.3. The van der Waals surface area contributed by atoms with Crippen LogP contribution in [0.2, 0.25) is 0 Å². The summed E-state index contributed by atoms with van der Waals surface area (Å²) in [5.74, 6) is -0.305. The molecule has 1 fully saturated rings. The Morgan fingerprint density at radius 2 is 2.16 bits per heavy atom. The summed E-state index contributed by atoms with van der Waals surface area (Å²) < 4.78 is 0. The molecule has 110 valence electrons. The van der Waals surface area contributed by atoms with Crippen molar-refractivity contribution in [3.05, 3.63) is 0 Å². The minimum atomic E-state index is -0.859. The van der Waals surface area contributed by atoms with Crippen LogP contribution in [0.5, 0.6) is 0 Å². The highest BCUT2D eigenvalue weighted by Gasteiger charge is 2.27. The maximum Gasteiger partial charge on any atom is 0.305 e. The van der Waals surface area contributed by atoms with Crippen molar-refractivity contribution in [2.45, 2.75) is 64.5 Å². The number of rotatable bonds is 7. The van der Waals surface area contributed by atoms with Crippen molar-refractivity contribution in [3.8, 4) is 0 Å². The lowest BCUT2D eigenvalue weighted by Gasteiger charge is -2.30. The first-order valence-corrected chi connectivity index (χ1v) is 7.32. The van der Waals surface area contributed by atoms with Gasteiger partial charge in [-0.05, 0) is 31.7 Å². The van der Waals surface area contributed by atoms with E-state index in [9.17, 15) is 9.59 Å². The zero-order valence-electron chi connectivity index (χ0n) is 11.9. The SMILES string of the molecule is CCCC(CC(=O)O)NC(=O)C1CC(CC)CCN1. The van der Waals surface area contributed by atoms with Crippen molar-refractivity contribution in [1.29, 1.82) is 0 Å². The number of piperidine rings is 1. The molecule has 0 aromatic heterocycles. The number of carboxylic acids is 1. The quantitative estimate of drug-likeness (QED) is 0.655. The number of aliphatic carboxylic acids is 1. The maximum absolute atomic E-state index is 12.2. The highest BCUT2D eigenvalue weighted by Crippen LogP contribution is 2.19. The number of carbonyl (C=O) groups excluding carboxylic acids is 1. The molecular formula is C14H26N2O3. The van der Waals surface area contributed by atoms with Crippen molar-refractivity contribution in [2.75, 3.05) is 6.54 Å². The summed E-state index contributed by atoms with van der Waals surface area (Å²) >= 11 is 0. The molecule has 5 heteroatoms. The molecule has 0 spiro atoms. The van der Waals surface area contributed by atoms with Gasteiger partial charge in [-0.15, -0.1) is 0 Å². The first-order valence-electron chi connectivity index (χ1n) is 7.32. The minimum Gasteiger partial charge on any atom is -0.481 e. The second-order valence-corrected chi connectivity index (χ2v) is 5.40. The second-order valence-electron chi connectivity index (χ2n) is 5.40. The molecule has 1 saturated heterocycles. The van der Waals surface area contributed by atoms with Gasteiger partial charge >= 0.3 is 5.97 Å². The topological polar surface area (TPSA) is 78.4 Å². The molecule has 1 amide bonds. The Hall–Kier alpha value is -1.10. The van der Waals surface area contributed by atoms with Crippen molar-refractivity contribution in [2.24, 2.45) is 5.92 Å². The lowest BCUT2D eigenvalue weighted by atomic mass is 9.90. The molecule has 1 rings (SSSR count). The molecule has 19 heavy (non-hydrogen) atoms. The largest absolute Gasteiger partial charge is 0.481 e. The van der Waals surface area contributed by atoms with E-state index < -0.39 is 5.97 Å².